The van der Waals surface area contributed by atoms with Crippen LogP contribution in [0, 0.1) is 0 Å². The largest absolute Gasteiger partial charge is 0.383 e. The van der Waals surface area contributed by atoms with Crippen LogP contribution in [0.5, 0.6) is 0 Å². The Morgan fingerprint density at radius 3 is 2.88 bits per heavy atom. The Morgan fingerprint density at radius 2 is 2.09 bits per heavy atom. The molecule has 2 aromatic heterocycles. The Kier molecular flexibility index (Phi) is 7.88. The lowest BCUT2D eigenvalue weighted by Crippen LogP contribution is -2.26. The number of nitrogens with zero attached hydrogens (tertiary/aromatic N) is 2. The fourth-order valence-electron chi connectivity index (χ4n) is 4.29. The highest BCUT2D eigenvalue weighted by molar-refractivity contribution is 7.99. The van der Waals surface area contributed by atoms with Gasteiger partial charge in [0.25, 0.3) is 5.56 Å². The lowest BCUT2D eigenvalue weighted by molar-refractivity contribution is -0.113. The normalized spacial score (nSPS) is 14.3. The number of carbonyl (C=O) groups is 1. The van der Waals surface area contributed by atoms with Gasteiger partial charge in [0.05, 0.1) is 24.3 Å². The summed E-state index contributed by atoms with van der Waals surface area (Å²) in [6.07, 6.45) is 5.25. The molecule has 33 heavy (non-hydrogen) atoms. The summed E-state index contributed by atoms with van der Waals surface area (Å²) in [5, 5.41) is 4.40. The molecule has 0 radical (unpaired) electrons. The molecule has 8 heteroatoms. The minimum Gasteiger partial charge on any atom is -0.383 e. The van der Waals surface area contributed by atoms with Gasteiger partial charge in [-0.25, -0.2) is 4.98 Å². The molecule has 3 aromatic rings. The molecule has 0 bridgehead atoms. The maximum atomic E-state index is 13.4. The molecule has 1 atom stereocenters. The Hall–Kier alpha value is -2.16. The number of aryl methyl sites for hydroxylation is 2. The standard InChI is InChI=1S/C25H31N3O3S2/c1-4-16(2)17-9-5-7-11-19(17)26-21(29)15-32-25-27-23-22(24(30)28(25)13-14-31-3)18-10-6-8-12-20(18)33-23/h5,7,9,11,16H,4,6,8,10,12-15H2,1-3H3,(H,26,29)/t16-/m0/s1. The third kappa shape index (κ3) is 5.18. The van der Waals surface area contributed by atoms with E-state index in [-0.39, 0.29) is 17.2 Å². The van der Waals surface area contributed by atoms with Gasteiger partial charge in [0.15, 0.2) is 5.16 Å². The van der Waals surface area contributed by atoms with E-state index in [1.807, 2.05) is 18.2 Å². The van der Waals surface area contributed by atoms with E-state index in [0.29, 0.717) is 24.2 Å². The van der Waals surface area contributed by atoms with Crippen molar-refractivity contribution in [3.8, 4) is 0 Å². The number of hydrogen-bond donors (Lipinski definition) is 1. The number of carbonyl (C=O) groups excluding carboxylic acids is 1. The third-order valence-electron chi connectivity index (χ3n) is 6.27. The first kappa shape index (κ1) is 24.0. The highest BCUT2D eigenvalue weighted by Crippen LogP contribution is 2.35. The van der Waals surface area contributed by atoms with Gasteiger partial charge in [0, 0.05) is 17.7 Å². The fourth-order valence-corrected chi connectivity index (χ4v) is 6.41. The summed E-state index contributed by atoms with van der Waals surface area (Å²) in [6, 6.07) is 7.94. The molecule has 2 heterocycles. The quantitative estimate of drug-likeness (QED) is 0.332. The SMILES string of the molecule is CC[C@H](C)c1ccccc1NC(=O)CSc1nc2sc3c(c2c(=O)n1CCOC)CCCC3. The van der Waals surface area contributed by atoms with Crippen LogP contribution in [-0.2, 0) is 28.9 Å². The number of hydrogen-bond acceptors (Lipinski definition) is 6. The molecule has 0 saturated carbocycles. The van der Waals surface area contributed by atoms with Gasteiger partial charge in [-0.15, -0.1) is 11.3 Å². The van der Waals surface area contributed by atoms with E-state index in [4.69, 9.17) is 9.72 Å². The number of amides is 1. The fraction of sp³-hybridized carbons (Fsp3) is 0.480. The first-order valence-corrected chi connectivity index (χ1v) is 13.4. The van der Waals surface area contributed by atoms with E-state index in [2.05, 4.69) is 25.2 Å². The number of thiophene rings is 1. The van der Waals surface area contributed by atoms with Crippen molar-refractivity contribution in [3.63, 3.8) is 0 Å². The van der Waals surface area contributed by atoms with E-state index >= 15 is 0 Å². The maximum Gasteiger partial charge on any atom is 0.263 e. The van der Waals surface area contributed by atoms with E-state index in [0.717, 1.165) is 53.6 Å². The highest BCUT2D eigenvalue weighted by Gasteiger charge is 2.22. The summed E-state index contributed by atoms with van der Waals surface area (Å²) < 4.78 is 6.92. The molecule has 0 aliphatic heterocycles. The highest BCUT2D eigenvalue weighted by atomic mass is 32.2. The number of aromatic nitrogens is 2. The Labute approximate surface area is 202 Å². The zero-order valence-corrected chi connectivity index (χ0v) is 21.1. The average Bonchev–Trinajstić information content (AvgIpc) is 3.20. The molecule has 1 amide bonds. The lowest BCUT2D eigenvalue weighted by atomic mass is 9.97. The average molecular weight is 486 g/mol. The summed E-state index contributed by atoms with van der Waals surface area (Å²) in [7, 11) is 1.62. The zero-order valence-electron chi connectivity index (χ0n) is 19.5. The predicted molar refractivity (Wildman–Crippen MR) is 137 cm³/mol. The molecule has 1 aliphatic rings. The van der Waals surface area contributed by atoms with Crippen LogP contribution in [0.15, 0.2) is 34.2 Å². The van der Waals surface area contributed by atoms with E-state index in [1.54, 1.807) is 23.0 Å². The van der Waals surface area contributed by atoms with E-state index in [9.17, 15) is 9.59 Å². The van der Waals surface area contributed by atoms with Crippen molar-refractivity contribution < 1.29 is 9.53 Å². The van der Waals surface area contributed by atoms with Crippen LogP contribution in [0.4, 0.5) is 5.69 Å². The molecule has 1 N–H and O–H groups in total. The molecule has 0 spiro atoms. The van der Waals surface area contributed by atoms with Crippen molar-refractivity contribution in [1.29, 1.82) is 0 Å². The third-order valence-corrected chi connectivity index (χ3v) is 8.43. The number of para-hydroxylation sites is 1. The van der Waals surface area contributed by atoms with Gasteiger partial charge in [0.1, 0.15) is 4.83 Å². The summed E-state index contributed by atoms with van der Waals surface area (Å²) in [5.74, 6) is 0.446. The van der Waals surface area contributed by atoms with Crippen LogP contribution >= 0.6 is 23.1 Å². The molecule has 6 nitrogen and oxygen atoms in total. The molecule has 1 aromatic carbocycles. The Bertz CT molecular complexity index is 1200. The number of benzene rings is 1. The summed E-state index contributed by atoms with van der Waals surface area (Å²) in [4.78, 5) is 33.2. The van der Waals surface area contributed by atoms with Crippen molar-refractivity contribution in [3.05, 3.63) is 50.6 Å². The minimum atomic E-state index is -0.103. The van der Waals surface area contributed by atoms with Crippen molar-refractivity contribution in [2.75, 3.05) is 24.8 Å². The van der Waals surface area contributed by atoms with Gasteiger partial charge in [-0.3, -0.25) is 14.2 Å². The molecule has 1 aliphatic carbocycles. The molecule has 176 valence electrons. The first-order chi connectivity index (χ1) is 16.0. The van der Waals surface area contributed by atoms with Gasteiger partial charge >= 0.3 is 0 Å². The number of nitrogens with one attached hydrogen (secondary N) is 1. The predicted octanol–water partition coefficient (Wildman–Crippen LogP) is 5.23. The summed E-state index contributed by atoms with van der Waals surface area (Å²) >= 11 is 2.95. The molecular formula is C25H31N3O3S2. The van der Waals surface area contributed by atoms with Crippen molar-refractivity contribution in [2.45, 2.75) is 63.6 Å². The number of methoxy groups -OCH3 is 1. The van der Waals surface area contributed by atoms with Gasteiger partial charge in [-0.1, -0.05) is 43.8 Å². The van der Waals surface area contributed by atoms with Gasteiger partial charge in [-0.2, -0.15) is 0 Å². The maximum absolute atomic E-state index is 13.4. The summed E-state index contributed by atoms with van der Waals surface area (Å²) in [6.45, 7) is 5.14. The number of rotatable bonds is 9. The van der Waals surface area contributed by atoms with Crippen molar-refractivity contribution >= 4 is 44.9 Å². The van der Waals surface area contributed by atoms with E-state index < -0.39 is 0 Å². The van der Waals surface area contributed by atoms with Gasteiger partial charge in [-0.05, 0) is 55.2 Å². The van der Waals surface area contributed by atoms with Crippen molar-refractivity contribution in [1.82, 2.24) is 9.55 Å². The zero-order chi connectivity index (χ0) is 23.4. The number of fused-ring (bicyclic) bond motifs is 3. The Morgan fingerprint density at radius 1 is 1.30 bits per heavy atom. The second-order valence-electron chi connectivity index (χ2n) is 8.47. The second-order valence-corrected chi connectivity index (χ2v) is 10.5. The number of thioether (sulfide) groups is 1. The molecule has 0 fully saturated rings. The van der Waals surface area contributed by atoms with Crippen LogP contribution in [-0.4, -0.2) is 34.9 Å². The van der Waals surface area contributed by atoms with Crippen molar-refractivity contribution in [2.24, 2.45) is 0 Å². The minimum absolute atomic E-state index is 0.0125. The lowest BCUT2D eigenvalue weighted by Gasteiger charge is -2.16. The molecular weight excluding hydrogens is 454 g/mol. The molecule has 0 unspecified atom stereocenters. The number of anilines is 1. The monoisotopic (exact) mass is 485 g/mol. The topological polar surface area (TPSA) is 73.2 Å². The number of ether oxygens (including phenoxy) is 1. The molecule has 0 saturated heterocycles. The van der Waals surface area contributed by atoms with Crippen LogP contribution in [0.3, 0.4) is 0 Å². The second kappa shape index (κ2) is 10.8. The van der Waals surface area contributed by atoms with Crippen LogP contribution in [0.1, 0.15) is 55.0 Å². The first-order valence-electron chi connectivity index (χ1n) is 11.6. The Balaban J connectivity index is 1.58. The van der Waals surface area contributed by atoms with Gasteiger partial charge < -0.3 is 10.1 Å². The van der Waals surface area contributed by atoms with Crippen LogP contribution < -0.4 is 10.9 Å². The molecule has 4 rings (SSSR count). The summed E-state index contributed by atoms with van der Waals surface area (Å²) in [5.41, 5.74) is 3.16. The van der Waals surface area contributed by atoms with Crippen LogP contribution in [0.25, 0.3) is 10.2 Å². The van der Waals surface area contributed by atoms with Gasteiger partial charge in [0.2, 0.25) is 5.91 Å². The smallest absolute Gasteiger partial charge is 0.263 e. The van der Waals surface area contributed by atoms with Crippen LogP contribution in [0.2, 0.25) is 0 Å². The van der Waals surface area contributed by atoms with E-state index in [1.165, 1.54) is 22.2 Å².